The molecule has 1 aromatic rings. The second-order valence-corrected chi connectivity index (χ2v) is 3.02. The molecule has 1 aromatic heterocycles. The quantitative estimate of drug-likeness (QED) is 0.663. The molecule has 0 atom stereocenters. The number of hydrogen-bond donors (Lipinski definition) is 0. The molecule has 0 amide bonds. The second kappa shape index (κ2) is 3.03. The Morgan fingerprint density at radius 1 is 1.18 bits per heavy atom. The molecule has 0 bridgehead atoms. The predicted octanol–water partition coefficient (Wildman–Crippen LogP) is 1.81. The fourth-order valence-corrected chi connectivity index (χ4v) is 1.03. The van der Waals surface area contributed by atoms with Gasteiger partial charge in [0, 0.05) is 0 Å². The maximum atomic E-state index is 4.14. The molecule has 0 unspecified atom stereocenters. The Balaban J connectivity index is 2.87. The smallest absolute Gasteiger partial charge is 0.0790 e. The Hall–Kier alpha value is -0.860. The molecule has 0 radical (unpaired) electrons. The highest BCUT2D eigenvalue weighted by Crippen LogP contribution is 2.21. The van der Waals surface area contributed by atoms with Gasteiger partial charge < -0.3 is 0 Å². The highest BCUT2D eigenvalue weighted by atomic mass is 15.5. The summed E-state index contributed by atoms with van der Waals surface area (Å²) in [5.74, 6) is 0. The summed E-state index contributed by atoms with van der Waals surface area (Å²) in [6, 6.07) is 0. The topological polar surface area (TPSA) is 30.7 Å². The van der Waals surface area contributed by atoms with E-state index < -0.39 is 0 Å². The maximum Gasteiger partial charge on any atom is 0.0790 e. The van der Waals surface area contributed by atoms with Crippen LogP contribution in [0.15, 0.2) is 12.4 Å². The SMILES string of the molecule is CCC(C)(CC)n1nccn1. The van der Waals surface area contributed by atoms with Crippen LogP contribution in [0.2, 0.25) is 0 Å². The summed E-state index contributed by atoms with van der Waals surface area (Å²) in [6.07, 6.45) is 5.59. The van der Waals surface area contributed by atoms with Crippen LogP contribution in [-0.4, -0.2) is 15.0 Å². The van der Waals surface area contributed by atoms with E-state index in [1.807, 2.05) is 0 Å². The van der Waals surface area contributed by atoms with E-state index in [2.05, 4.69) is 31.0 Å². The third-order valence-electron chi connectivity index (χ3n) is 2.42. The van der Waals surface area contributed by atoms with E-state index >= 15 is 0 Å². The molecule has 1 heterocycles. The standard InChI is InChI=1S/C8H15N3/c1-4-8(3,5-2)11-9-6-7-10-11/h6-7H,4-5H2,1-3H3. The monoisotopic (exact) mass is 153 g/mol. The van der Waals surface area contributed by atoms with Gasteiger partial charge in [-0.15, -0.1) is 0 Å². The highest BCUT2D eigenvalue weighted by molar-refractivity contribution is 4.76. The minimum Gasteiger partial charge on any atom is -0.179 e. The van der Waals surface area contributed by atoms with E-state index in [1.165, 1.54) is 0 Å². The Kier molecular flexibility index (Phi) is 2.27. The fraction of sp³-hybridized carbons (Fsp3) is 0.750. The van der Waals surface area contributed by atoms with Gasteiger partial charge in [-0.1, -0.05) is 13.8 Å². The van der Waals surface area contributed by atoms with Gasteiger partial charge in [0.25, 0.3) is 0 Å². The maximum absolute atomic E-state index is 4.14. The molecule has 0 aliphatic heterocycles. The van der Waals surface area contributed by atoms with Gasteiger partial charge in [0.1, 0.15) is 0 Å². The average molecular weight is 153 g/mol. The van der Waals surface area contributed by atoms with Gasteiger partial charge in [-0.05, 0) is 19.8 Å². The van der Waals surface area contributed by atoms with Gasteiger partial charge in [-0.25, -0.2) is 0 Å². The molecule has 0 aromatic carbocycles. The summed E-state index contributed by atoms with van der Waals surface area (Å²) in [6.45, 7) is 6.49. The van der Waals surface area contributed by atoms with Crippen molar-refractivity contribution in [3.63, 3.8) is 0 Å². The molecule has 0 N–H and O–H groups in total. The Morgan fingerprint density at radius 2 is 1.64 bits per heavy atom. The average Bonchev–Trinajstić information content (AvgIpc) is 2.55. The Bertz CT molecular complexity index is 199. The van der Waals surface area contributed by atoms with Gasteiger partial charge in [0.15, 0.2) is 0 Å². The van der Waals surface area contributed by atoms with Crippen LogP contribution in [0.1, 0.15) is 33.6 Å². The van der Waals surface area contributed by atoms with Crippen LogP contribution < -0.4 is 0 Å². The predicted molar refractivity (Wildman–Crippen MR) is 44.3 cm³/mol. The van der Waals surface area contributed by atoms with Gasteiger partial charge in [-0.2, -0.15) is 15.0 Å². The highest BCUT2D eigenvalue weighted by Gasteiger charge is 2.22. The lowest BCUT2D eigenvalue weighted by Crippen LogP contribution is -2.30. The molecule has 1 rings (SSSR count). The van der Waals surface area contributed by atoms with Crippen molar-refractivity contribution < 1.29 is 0 Å². The number of aromatic nitrogens is 3. The van der Waals surface area contributed by atoms with Gasteiger partial charge in [0.2, 0.25) is 0 Å². The first-order valence-corrected chi connectivity index (χ1v) is 4.09. The Morgan fingerprint density at radius 3 is 2.00 bits per heavy atom. The van der Waals surface area contributed by atoms with Gasteiger partial charge >= 0.3 is 0 Å². The zero-order chi connectivity index (χ0) is 8.32. The van der Waals surface area contributed by atoms with Crippen LogP contribution >= 0.6 is 0 Å². The van der Waals surface area contributed by atoms with Crippen LogP contribution in [0.4, 0.5) is 0 Å². The van der Waals surface area contributed by atoms with Crippen molar-refractivity contribution in [2.24, 2.45) is 0 Å². The molecule has 11 heavy (non-hydrogen) atoms. The molecule has 0 saturated carbocycles. The van der Waals surface area contributed by atoms with Gasteiger partial charge in [-0.3, -0.25) is 0 Å². The van der Waals surface area contributed by atoms with Crippen molar-refractivity contribution in [1.82, 2.24) is 15.0 Å². The van der Waals surface area contributed by atoms with Crippen molar-refractivity contribution in [1.29, 1.82) is 0 Å². The zero-order valence-electron chi connectivity index (χ0n) is 7.41. The first-order chi connectivity index (χ1) is 5.23. The van der Waals surface area contributed by atoms with E-state index in [4.69, 9.17) is 0 Å². The summed E-state index contributed by atoms with van der Waals surface area (Å²) < 4.78 is 0. The van der Waals surface area contributed by atoms with Crippen molar-refractivity contribution in [2.45, 2.75) is 39.2 Å². The normalized spacial score (nSPS) is 11.9. The first kappa shape index (κ1) is 8.24. The lowest BCUT2D eigenvalue weighted by molar-refractivity contribution is 0.233. The number of nitrogens with zero attached hydrogens (tertiary/aromatic N) is 3. The largest absolute Gasteiger partial charge is 0.179 e. The molecule has 3 nitrogen and oxygen atoms in total. The third-order valence-corrected chi connectivity index (χ3v) is 2.42. The van der Waals surface area contributed by atoms with E-state index in [9.17, 15) is 0 Å². The van der Waals surface area contributed by atoms with E-state index in [0.717, 1.165) is 12.8 Å². The van der Waals surface area contributed by atoms with Crippen LogP contribution in [0.25, 0.3) is 0 Å². The molecule has 3 heteroatoms. The molecule has 0 fully saturated rings. The van der Waals surface area contributed by atoms with Crippen molar-refractivity contribution in [2.75, 3.05) is 0 Å². The lowest BCUT2D eigenvalue weighted by atomic mass is 9.97. The summed E-state index contributed by atoms with van der Waals surface area (Å²) in [5.41, 5.74) is 0.101. The fourth-order valence-electron chi connectivity index (χ4n) is 1.03. The summed E-state index contributed by atoms with van der Waals surface area (Å²) >= 11 is 0. The van der Waals surface area contributed by atoms with Crippen molar-refractivity contribution >= 4 is 0 Å². The molecule has 0 aliphatic carbocycles. The van der Waals surface area contributed by atoms with E-state index in [-0.39, 0.29) is 5.54 Å². The summed E-state index contributed by atoms with van der Waals surface area (Å²) in [7, 11) is 0. The van der Waals surface area contributed by atoms with Crippen LogP contribution in [0.3, 0.4) is 0 Å². The van der Waals surface area contributed by atoms with Crippen LogP contribution in [0.5, 0.6) is 0 Å². The first-order valence-electron chi connectivity index (χ1n) is 4.09. The van der Waals surface area contributed by atoms with E-state index in [1.54, 1.807) is 17.2 Å². The lowest BCUT2D eigenvalue weighted by Gasteiger charge is -2.25. The van der Waals surface area contributed by atoms with E-state index in [0.29, 0.717) is 0 Å². The summed E-state index contributed by atoms with van der Waals surface area (Å²) in [5, 5.41) is 8.27. The van der Waals surface area contributed by atoms with Gasteiger partial charge in [0.05, 0.1) is 17.9 Å². The minimum absolute atomic E-state index is 0.101. The second-order valence-electron chi connectivity index (χ2n) is 3.02. The van der Waals surface area contributed by atoms with Crippen LogP contribution in [-0.2, 0) is 5.54 Å². The number of rotatable bonds is 3. The minimum atomic E-state index is 0.101. The molecule has 62 valence electrons. The molecule has 0 saturated heterocycles. The molecular weight excluding hydrogens is 138 g/mol. The number of hydrogen-bond acceptors (Lipinski definition) is 2. The third kappa shape index (κ3) is 1.42. The molecular formula is C8H15N3. The summed E-state index contributed by atoms with van der Waals surface area (Å²) in [4.78, 5) is 1.80. The zero-order valence-corrected chi connectivity index (χ0v) is 7.41. The van der Waals surface area contributed by atoms with Crippen LogP contribution in [0, 0.1) is 0 Å². The molecule has 0 aliphatic rings. The van der Waals surface area contributed by atoms with Crippen molar-refractivity contribution in [3.05, 3.63) is 12.4 Å². The van der Waals surface area contributed by atoms with Crippen molar-refractivity contribution in [3.8, 4) is 0 Å². The Labute approximate surface area is 67.4 Å². The molecule has 0 spiro atoms.